The number of likely N-dealkylation sites (tertiary alicyclic amines) is 1. The molecule has 0 spiro atoms. The summed E-state index contributed by atoms with van der Waals surface area (Å²) in [5.74, 6) is -1.30. The average Bonchev–Trinajstić information content (AvgIpc) is 2.53. The van der Waals surface area contributed by atoms with Crippen LogP contribution in [0.5, 0.6) is 0 Å². The van der Waals surface area contributed by atoms with Gasteiger partial charge in [-0.1, -0.05) is 0 Å². The molecule has 1 N–H and O–H groups in total. The first kappa shape index (κ1) is 11.4. The number of imide groups is 1. The van der Waals surface area contributed by atoms with Crippen molar-refractivity contribution in [1.82, 2.24) is 10.2 Å². The van der Waals surface area contributed by atoms with Gasteiger partial charge in [0, 0.05) is 13.1 Å². The molecule has 2 saturated heterocycles. The van der Waals surface area contributed by atoms with Crippen LogP contribution in [0.25, 0.3) is 0 Å². The minimum absolute atomic E-state index is 0.174. The van der Waals surface area contributed by atoms with Crippen molar-refractivity contribution in [3.63, 3.8) is 0 Å². The predicted molar refractivity (Wildman–Crippen MR) is 56.6 cm³/mol. The van der Waals surface area contributed by atoms with Gasteiger partial charge in [0.05, 0.1) is 11.8 Å². The Hall–Kier alpha value is -1.10. The number of alkyl halides is 1. The van der Waals surface area contributed by atoms with Crippen molar-refractivity contribution in [3.8, 4) is 0 Å². The molecule has 3 amide bonds. The van der Waals surface area contributed by atoms with Crippen molar-refractivity contribution in [3.05, 3.63) is 0 Å². The topological polar surface area (TPSA) is 66.5 Å². The molecule has 0 aromatic heterocycles. The molecule has 88 valence electrons. The van der Waals surface area contributed by atoms with Crippen LogP contribution in [-0.2, 0) is 14.4 Å². The molecular weight excluding hydrogens is 232 g/mol. The fourth-order valence-corrected chi connectivity index (χ4v) is 2.43. The molecule has 0 unspecified atom stereocenters. The van der Waals surface area contributed by atoms with Gasteiger partial charge in [0.15, 0.2) is 0 Å². The van der Waals surface area contributed by atoms with Crippen LogP contribution < -0.4 is 5.32 Å². The van der Waals surface area contributed by atoms with E-state index in [1.54, 1.807) is 11.8 Å². The number of halogens is 1. The number of carbonyl (C=O) groups is 3. The Balaban J connectivity index is 2.08. The number of nitrogens with zero attached hydrogens (tertiary/aromatic N) is 1. The zero-order valence-corrected chi connectivity index (χ0v) is 9.66. The molecule has 2 rings (SSSR count). The van der Waals surface area contributed by atoms with Crippen LogP contribution in [-0.4, -0.2) is 41.1 Å². The molecule has 5 nitrogen and oxygen atoms in total. The molecule has 0 aromatic rings. The number of rotatable bonds is 1. The van der Waals surface area contributed by atoms with Crippen molar-refractivity contribution in [2.45, 2.75) is 18.7 Å². The van der Waals surface area contributed by atoms with E-state index in [1.807, 2.05) is 0 Å². The summed E-state index contributed by atoms with van der Waals surface area (Å²) in [6.07, 6.45) is 0.539. The van der Waals surface area contributed by atoms with E-state index in [1.165, 1.54) is 0 Å². The fraction of sp³-hybridized carbons (Fsp3) is 0.700. The van der Waals surface area contributed by atoms with Crippen LogP contribution in [0.1, 0.15) is 13.3 Å². The van der Waals surface area contributed by atoms with Crippen LogP contribution in [0.4, 0.5) is 0 Å². The Morgan fingerprint density at radius 2 is 2.06 bits per heavy atom. The summed E-state index contributed by atoms with van der Waals surface area (Å²) in [5.41, 5.74) is 0. The normalized spacial score (nSPS) is 31.0. The van der Waals surface area contributed by atoms with E-state index < -0.39 is 5.38 Å². The molecule has 2 fully saturated rings. The molecule has 2 heterocycles. The van der Waals surface area contributed by atoms with Gasteiger partial charge in [-0.05, 0) is 13.3 Å². The lowest BCUT2D eigenvalue weighted by Crippen LogP contribution is -2.47. The first-order valence-electron chi connectivity index (χ1n) is 5.28. The van der Waals surface area contributed by atoms with E-state index in [0.717, 1.165) is 0 Å². The second kappa shape index (κ2) is 4.05. The molecule has 0 saturated carbocycles. The Labute approximate surface area is 98.1 Å². The Bertz CT molecular complexity index is 356. The second-order valence-electron chi connectivity index (χ2n) is 4.26. The lowest BCUT2D eigenvalue weighted by atomic mass is 9.87. The number of hydrogen-bond donors (Lipinski definition) is 1. The summed E-state index contributed by atoms with van der Waals surface area (Å²) in [6.45, 7) is 2.41. The third-order valence-corrected chi connectivity index (χ3v) is 3.37. The maximum Gasteiger partial charge on any atom is 0.240 e. The van der Waals surface area contributed by atoms with E-state index in [2.05, 4.69) is 5.32 Å². The molecular formula is C10H13ClN2O3. The van der Waals surface area contributed by atoms with E-state index in [0.29, 0.717) is 19.5 Å². The monoisotopic (exact) mass is 244 g/mol. The molecule has 16 heavy (non-hydrogen) atoms. The third kappa shape index (κ3) is 1.80. The van der Waals surface area contributed by atoms with Crippen LogP contribution >= 0.6 is 11.6 Å². The van der Waals surface area contributed by atoms with Gasteiger partial charge in [-0.15, -0.1) is 11.6 Å². The fourth-order valence-electron chi connectivity index (χ4n) is 2.29. The van der Waals surface area contributed by atoms with Crippen molar-refractivity contribution >= 4 is 29.3 Å². The molecule has 0 aromatic carbocycles. The number of nitrogens with one attached hydrogen (secondary N) is 1. The second-order valence-corrected chi connectivity index (χ2v) is 4.91. The van der Waals surface area contributed by atoms with Gasteiger partial charge in [-0.25, -0.2) is 0 Å². The van der Waals surface area contributed by atoms with Crippen LogP contribution in [0.15, 0.2) is 0 Å². The Morgan fingerprint density at radius 1 is 1.44 bits per heavy atom. The van der Waals surface area contributed by atoms with E-state index >= 15 is 0 Å². The maximum atomic E-state index is 11.7. The van der Waals surface area contributed by atoms with Gasteiger partial charge in [0.25, 0.3) is 0 Å². The minimum Gasteiger partial charge on any atom is -0.341 e. The third-order valence-electron chi connectivity index (χ3n) is 3.18. The number of carbonyl (C=O) groups excluding carboxylic acids is 3. The van der Waals surface area contributed by atoms with Gasteiger partial charge in [-0.3, -0.25) is 19.7 Å². The summed E-state index contributed by atoms with van der Waals surface area (Å²) >= 11 is 5.71. The van der Waals surface area contributed by atoms with Gasteiger partial charge in [0.1, 0.15) is 5.38 Å². The molecule has 2 aliphatic heterocycles. The highest BCUT2D eigenvalue weighted by Crippen LogP contribution is 2.28. The molecule has 6 heteroatoms. The maximum absolute atomic E-state index is 11.7. The summed E-state index contributed by atoms with van der Waals surface area (Å²) in [7, 11) is 0. The summed E-state index contributed by atoms with van der Waals surface area (Å²) in [6, 6.07) is 0. The van der Waals surface area contributed by atoms with Gasteiger partial charge in [0.2, 0.25) is 17.7 Å². The zero-order valence-electron chi connectivity index (χ0n) is 8.90. The highest BCUT2D eigenvalue weighted by molar-refractivity contribution is 6.30. The smallest absolute Gasteiger partial charge is 0.240 e. The molecule has 0 bridgehead atoms. The number of amides is 3. The van der Waals surface area contributed by atoms with E-state index in [-0.39, 0.29) is 29.6 Å². The first-order chi connectivity index (χ1) is 7.50. The largest absolute Gasteiger partial charge is 0.341 e. The molecule has 3 atom stereocenters. The van der Waals surface area contributed by atoms with Crippen molar-refractivity contribution in [1.29, 1.82) is 0 Å². The first-order valence-corrected chi connectivity index (χ1v) is 5.72. The van der Waals surface area contributed by atoms with Crippen LogP contribution in [0.2, 0.25) is 0 Å². The average molecular weight is 245 g/mol. The summed E-state index contributed by atoms with van der Waals surface area (Å²) < 4.78 is 0. The number of piperidine rings is 1. The quantitative estimate of drug-likeness (QED) is 0.510. The summed E-state index contributed by atoms with van der Waals surface area (Å²) in [4.78, 5) is 36.0. The van der Waals surface area contributed by atoms with Crippen molar-refractivity contribution in [2.24, 2.45) is 11.8 Å². The number of fused-ring (bicyclic) bond motifs is 1. The summed E-state index contributed by atoms with van der Waals surface area (Å²) in [5, 5.41) is 1.71. The van der Waals surface area contributed by atoms with E-state index in [9.17, 15) is 14.4 Å². The van der Waals surface area contributed by atoms with Gasteiger partial charge >= 0.3 is 0 Å². The Kier molecular flexibility index (Phi) is 2.88. The molecule has 0 aliphatic carbocycles. The van der Waals surface area contributed by atoms with Crippen molar-refractivity contribution in [2.75, 3.05) is 13.1 Å². The lowest BCUT2D eigenvalue weighted by Gasteiger charge is -2.33. The SMILES string of the molecule is C[C@H](Cl)C(=O)N1CC[C@H]2C(=O)NC(=O)[C@H]2C1. The zero-order chi connectivity index (χ0) is 11.9. The lowest BCUT2D eigenvalue weighted by molar-refractivity contribution is -0.135. The van der Waals surface area contributed by atoms with Crippen LogP contribution in [0, 0.1) is 11.8 Å². The van der Waals surface area contributed by atoms with Gasteiger partial charge in [-0.2, -0.15) is 0 Å². The van der Waals surface area contributed by atoms with Crippen LogP contribution in [0.3, 0.4) is 0 Å². The highest BCUT2D eigenvalue weighted by Gasteiger charge is 2.45. The van der Waals surface area contributed by atoms with E-state index in [4.69, 9.17) is 11.6 Å². The van der Waals surface area contributed by atoms with Crippen molar-refractivity contribution < 1.29 is 14.4 Å². The van der Waals surface area contributed by atoms with Gasteiger partial charge < -0.3 is 4.90 Å². The molecule has 2 aliphatic rings. The predicted octanol–water partition coefficient (Wildman–Crippen LogP) is -0.265. The molecule has 0 radical (unpaired) electrons. The number of hydrogen-bond acceptors (Lipinski definition) is 3. The Morgan fingerprint density at radius 3 is 2.69 bits per heavy atom. The highest BCUT2D eigenvalue weighted by atomic mass is 35.5. The minimum atomic E-state index is -0.586. The standard InChI is InChI=1S/C10H13ClN2O3/c1-5(11)10(16)13-3-2-6-7(4-13)9(15)12-8(6)14/h5-7H,2-4H2,1H3,(H,12,14,15)/t5-,6+,7-/m0/s1.